The SMILES string of the molecule is CC1(N)CCCCC1C(=O)NCc1ccncc1.Cl.Cl. The molecule has 0 radical (unpaired) electrons. The standard InChI is InChI=1S/C14H21N3O.2ClH/c1-14(15)7-3-2-4-12(14)13(18)17-10-11-5-8-16-9-6-11;;/h5-6,8-9,12H,2-4,7,10,15H2,1H3,(H,17,18);2*1H. The van der Waals surface area contributed by atoms with Crippen LogP contribution in [0.4, 0.5) is 0 Å². The van der Waals surface area contributed by atoms with Gasteiger partial charge < -0.3 is 11.1 Å². The number of carbonyl (C=O) groups is 1. The summed E-state index contributed by atoms with van der Waals surface area (Å²) in [6.45, 7) is 2.54. The minimum Gasteiger partial charge on any atom is -0.352 e. The van der Waals surface area contributed by atoms with Gasteiger partial charge in [0.2, 0.25) is 5.91 Å². The van der Waals surface area contributed by atoms with E-state index in [1.807, 2.05) is 19.1 Å². The molecule has 114 valence electrons. The van der Waals surface area contributed by atoms with E-state index in [9.17, 15) is 4.79 Å². The first-order valence-electron chi connectivity index (χ1n) is 6.55. The normalized spacial score (nSPS) is 25.0. The van der Waals surface area contributed by atoms with Crippen LogP contribution in [0.3, 0.4) is 0 Å². The molecule has 4 nitrogen and oxygen atoms in total. The Morgan fingerprint density at radius 3 is 2.65 bits per heavy atom. The van der Waals surface area contributed by atoms with Crippen molar-refractivity contribution in [2.24, 2.45) is 11.7 Å². The first-order valence-corrected chi connectivity index (χ1v) is 6.55. The summed E-state index contributed by atoms with van der Waals surface area (Å²) in [5.41, 5.74) is 6.92. The Labute approximate surface area is 132 Å². The van der Waals surface area contributed by atoms with E-state index in [4.69, 9.17) is 5.73 Å². The summed E-state index contributed by atoms with van der Waals surface area (Å²) in [4.78, 5) is 16.1. The van der Waals surface area contributed by atoms with E-state index in [-0.39, 0.29) is 42.2 Å². The third-order valence-electron chi connectivity index (χ3n) is 3.79. The predicted octanol–water partition coefficient (Wildman–Crippen LogP) is 2.45. The first-order chi connectivity index (χ1) is 8.59. The molecule has 2 rings (SSSR count). The Hall–Kier alpha value is -0.840. The molecule has 1 aromatic heterocycles. The lowest BCUT2D eigenvalue weighted by atomic mass is 9.74. The van der Waals surface area contributed by atoms with Gasteiger partial charge in [-0.05, 0) is 37.5 Å². The molecular weight excluding hydrogens is 297 g/mol. The predicted molar refractivity (Wildman–Crippen MR) is 85.1 cm³/mol. The van der Waals surface area contributed by atoms with Crippen molar-refractivity contribution in [3.05, 3.63) is 30.1 Å². The van der Waals surface area contributed by atoms with Crippen molar-refractivity contribution >= 4 is 30.7 Å². The average Bonchev–Trinajstić information content (AvgIpc) is 2.37. The Balaban J connectivity index is 0.00000180. The van der Waals surface area contributed by atoms with Gasteiger partial charge >= 0.3 is 0 Å². The molecule has 1 fully saturated rings. The van der Waals surface area contributed by atoms with Crippen LogP contribution in [0.15, 0.2) is 24.5 Å². The lowest BCUT2D eigenvalue weighted by Crippen LogP contribution is -2.52. The molecule has 2 unspecified atom stereocenters. The zero-order valence-corrected chi connectivity index (χ0v) is 13.3. The summed E-state index contributed by atoms with van der Waals surface area (Å²) < 4.78 is 0. The van der Waals surface area contributed by atoms with E-state index in [0.29, 0.717) is 6.54 Å². The maximum atomic E-state index is 12.2. The van der Waals surface area contributed by atoms with E-state index < -0.39 is 0 Å². The van der Waals surface area contributed by atoms with E-state index in [2.05, 4.69) is 10.3 Å². The molecule has 0 aliphatic heterocycles. The highest BCUT2D eigenvalue weighted by Gasteiger charge is 2.37. The van der Waals surface area contributed by atoms with Crippen molar-refractivity contribution in [3.8, 4) is 0 Å². The van der Waals surface area contributed by atoms with Crippen molar-refractivity contribution < 1.29 is 4.79 Å². The number of hydrogen-bond donors (Lipinski definition) is 2. The van der Waals surface area contributed by atoms with E-state index >= 15 is 0 Å². The lowest BCUT2D eigenvalue weighted by Gasteiger charge is -2.37. The molecule has 0 spiro atoms. The van der Waals surface area contributed by atoms with Crippen LogP contribution in [0.5, 0.6) is 0 Å². The molecule has 0 aromatic carbocycles. The number of nitrogens with zero attached hydrogens (tertiary/aromatic N) is 1. The zero-order valence-electron chi connectivity index (χ0n) is 11.7. The number of nitrogens with two attached hydrogens (primary N) is 1. The summed E-state index contributed by atoms with van der Waals surface area (Å²) in [7, 11) is 0. The fourth-order valence-corrected chi connectivity index (χ4v) is 2.60. The highest BCUT2D eigenvalue weighted by atomic mass is 35.5. The average molecular weight is 320 g/mol. The fourth-order valence-electron chi connectivity index (χ4n) is 2.60. The van der Waals surface area contributed by atoms with Gasteiger partial charge in [-0.3, -0.25) is 9.78 Å². The van der Waals surface area contributed by atoms with E-state index in [1.165, 1.54) is 0 Å². The van der Waals surface area contributed by atoms with Gasteiger partial charge in [-0.15, -0.1) is 24.8 Å². The van der Waals surface area contributed by atoms with Gasteiger partial charge in [-0.25, -0.2) is 0 Å². The summed E-state index contributed by atoms with van der Waals surface area (Å²) >= 11 is 0. The van der Waals surface area contributed by atoms with E-state index in [1.54, 1.807) is 12.4 Å². The van der Waals surface area contributed by atoms with Gasteiger partial charge in [0.1, 0.15) is 0 Å². The quantitative estimate of drug-likeness (QED) is 0.899. The molecule has 0 bridgehead atoms. The van der Waals surface area contributed by atoms with Crippen LogP contribution in [0.2, 0.25) is 0 Å². The summed E-state index contributed by atoms with van der Waals surface area (Å²) in [6, 6.07) is 3.81. The van der Waals surface area contributed by atoms with Crippen molar-refractivity contribution in [3.63, 3.8) is 0 Å². The number of carbonyl (C=O) groups excluding carboxylic acids is 1. The molecule has 3 N–H and O–H groups in total. The van der Waals surface area contributed by atoms with Crippen LogP contribution >= 0.6 is 24.8 Å². The minimum atomic E-state index is -0.361. The topological polar surface area (TPSA) is 68.0 Å². The molecule has 2 atom stereocenters. The highest BCUT2D eigenvalue weighted by molar-refractivity contribution is 5.85. The number of amides is 1. The van der Waals surface area contributed by atoms with Crippen molar-refractivity contribution in [2.45, 2.75) is 44.7 Å². The molecule has 1 aliphatic carbocycles. The Bertz CT molecular complexity index is 412. The monoisotopic (exact) mass is 319 g/mol. The number of pyridine rings is 1. The summed E-state index contributed by atoms with van der Waals surface area (Å²) in [5.74, 6) is 0.0181. The summed E-state index contributed by atoms with van der Waals surface area (Å²) in [6.07, 6.45) is 7.51. The number of halogens is 2. The Kier molecular flexibility index (Phi) is 8.09. The molecule has 1 amide bonds. The number of nitrogens with one attached hydrogen (secondary N) is 1. The largest absolute Gasteiger partial charge is 0.352 e. The molecular formula is C14H23Cl2N3O. The highest BCUT2D eigenvalue weighted by Crippen LogP contribution is 2.31. The maximum absolute atomic E-state index is 12.2. The molecule has 6 heteroatoms. The minimum absolute atomic E-state index is 0. The smallest absolute Gasteiger partial charge is 0.225 e. The van der Waals surface area contributed by atoms with Crippen LogP contribution in [-0.4, -0.2) is 16.4 Å². The zero-order chi connectivity index (χ0) is 13.0. The molecule has 0 saturated heterocycles. The number of rotatable bonds is 3. The molecule has 1 aliphatic rings. The maximum Gasteiger partial charge on any atom is 0.225 e. The number of hydrogen-bond acceptors (Lipinski definition) is 3. The number of aromatic nitrogens is 1. The van der Waals surface area contributed by atoms with Gasteiger partial charge in [0.15, 0.2) is 0 Å². The van der Waals surface area contributed by atoms with Crippen molar-refractivity contribution in [2.75, 3.05) is 0 Å². The second-order valence-corrected chi connectivity index (χ2v) is 5.38. The third-order valence-corrected chi connectivity index (χ3v) is 3.79. The van der Waals surface area contributed by atoms with Gasteiger partial charge in [-0.2, -0.15) is 0 Å². The Morgan fingerprint density at radius 2 is 2.05 bits per heavy atom. The van der Waals surface area contributed by atoms with Gasteiger partial charge in [0.25, 0.3) is 0 Å². The van der Waals surface area contributed by atoms with E-state index in [0.717, 1.165) is 31.2 Å². The van der Waals surface area contributed by atoms with Gasteiger partial charge in [0, 0.05) is 24.5 Å². The van der Waals surface area contributed by atoms with Gasteiger partial charge in [0.05, 0.1) is 5.92 Å². The first kappa shape index (κ1) is 19.2. The third kappa shape index (κ3) is 4.93. The molecule has 1 saturated carbocycles. The van der Waals surface area contributed by atoms with Crippen molar-refractivity contribution in [1.29, 1.82) is 0 Å². The second kappa shape index (κ2) is 8.45. The lowest BCUT2D eigenvalue weighted by molar-refractivity contribution is -0.128. The molecule has 20 heavy (non-hydrogen) atoms. The Morgan fingerprint density at radius 1 is 1.40 bits per heavy atom. The van der Waals surface area contributed by atoms with Crippen LogP contribution < -0.4 is 11.1 Å². The van der Waals surface area contributed by atoms with Gasteiger partial charge in [-0.1, -0.05) is 12.8 Å². The second-order valence-electron chi connectivity index (χ2n) is 5.38. The molecule has 1 aromatic rings. The van der Waals surface area contributed by atoms with Crippen LogP contribution in [0.1, 0.15) is 38.2 Å². The van der Waals surface area contributed by atoms with Crippen LogP contribution in [-0.2, 0) is 11.3 Å². The van der Waals surface area contributed by atoms with Crippen LogP contribution in [0, 0.1) is 5.92 Å². The molecule has 1 heterocycles. The summed E-state index contributed by atoms with van der Waals surface area (Å²) in [5, 5.41) is 2.98. The van der Waals surface area contributed by atoms with Crippen LogP contribution in [0.25, 0.3) is 0 Å². The van der Waals surface area contributed by atoms with Crippen molar-refractivity contribution in [1.82, 2.24) is 10.3 Å². The fraction of sp³-hybridized carbons (Fsp3) is 0.571.